The molecule has 0 saturated heterocycles. The van der Waals surface area contributed by atoms with Gasteiger partial charge in [-0.2, -0.15) is 13.2 Å². The Morgan fingerprint density at radius 1 is 1.12 bits per heavy atom. The molecule has 0 unspecified atom stereocenters. The summed E-state index contributed by atoms with van der Waals surface area (Å²) >= 11 is 0. The SMILES string of the molecule is COc1cc(F)ccc1Oc1nnc(C(F)(F)F)c(OC)c1C(=O)O. The summed E-state index contributed by atoms with van der Waals surface area (Å²) in [5.74, 6) is -4.60. The van der Waals surface area contributed by atoms with E-state index in [1.54, 1.807) is 0 Å². The van der Waals surface area contributed by atoms with Gasteiger partial charge >= 0.3 is 12.1 Å². The molecule has 2 aromatic rings. The number of carbonyl (C=O) groups is 1. The summed E-state index contributed by atoms with van der Waals surface area (Å²) in [4.78, 5) is 11.4. The van der Waals surface area contributed by atoms with E-state index in [-0.39, 0.29) is 11.5 Å². The van der Waals surface area contributed by atoms with E-state index in [1.165, 1.54) is 7.11 Å². The molecule has 0 atom stereocenters. The predicted octanol–water partition coefficient (Wildman–Crippen LogP) is 3.14. The van der Waals surface area contributed by atoms with Gasteiger partial charge in [-0.05, 0) is 12.1 Å². The van der Waals surface area contributed by atoms with Crippen molar-refractivity contribution in [2.45, 2.75) is 6.18 Å². The molecule has 11 heteroatoms. The Labute approximate surface area is 137 Å². The molecule has 0 spiro atoms. The lowest BCUT2D eigenvalue weighted by Gasteiger charge is -2.15. The van der Waals surface area contributed by atoms with Gasteiger partial charge in [-0.25, -0.2) is 9.18 Å². The second kappa shape index (κ2) is 6.79. The summed E-state index contributed by atoms with van der Waals surface area (Å²) < 4.78 is 66.5. The maximum absolute atomic E-state index is 13.2. The molecule has 0 bridgehead atoms. The molecular formula is C14H10F4N2O5. The van der Waals surface area contributed by atoms with Gasteiger partial charge in [0, 0.05) is 6.07 Å². The summed E-state index contributed by atoms with van der Waals surface area (Å²) in [7, 11) is 2.04. The zero-order valence-corrected chi connectivity index (χ0v) is 12.7. The van der Waals surface area contributed by atoms with Crippen LogP contribution < -0.4 is 14.2 Å². The molecular weight excluding hydrogens is 352 g/mol. The minimum atomic E-state index is -4.99. The van der Waals surface area contributed by atoms with Gasteiger partial charge in [0.05, 0.1) is 14.2 Å². The first-order chi connectivity index (χ1) is 11.7. The van der Waals surface area contributed by atoms with Crippen molar-refractivity contribution in [1.29, 1.82) is 0 Å². The number of hydrogen-bond donors (Lipinski definition) is 1. The van der Waals surface area contributed by atoms with Crippen LogP contribution >= 0.6 is 0 Å². The fraction of sp³-hybridized carbons (Fsp3) is 0.214. The summed E-state index contributed by atoms with van der Waals surface area (Å²) in [6, 6.07) is 3.00. The van der Waals surface area contributed by atoms with Crippen molar-refractivity contribution >= 4 is 5.97 Å². The molecule has 0 aliphatic carbocycles. The molecule has 0 amide bonds. The Morgan fingerprint density at radius 3 is 2.32 bits per heavy atom. The molecule has 134 valence electrons. The van der Waals surface area contributed by atoms with Crippen LogP contribution in [0, 0.1) is 5.82 Å². The third-order valence-electron chi connectivity index (χ3n) is 2.92. The normalized spacial score (nSPS) is 11.1. The predicted molar refractivity (Wildman–Crippen MR) is 73.6 cm³/mol. The van der Waals surface area contributed by atoms with Gasteiger partial charge in [0.25, 0.3) is 5.88 Å². The van der Waals surface area contributed by atoms with Gasteiger partial charge in [-0.15, -0.1) is 10.2 Å². The van der Waals surface area contributed by atoms with Gasteiger partial charge in [0.2, 0.25) is 5.69 Å². The molecule has 1 aromatic heterocycles. The number of hydrogen-bond acceptors (Lipinski definition) is 6. The molecule has 0 saturated carbocycles. The van der Waals surface area contributed by atoms with E-state index in [1.807, 2.05) is 0 Å². The second-order valence-corrected chi connectivity index (χ2v) is 4.46. The highest BCUT2D eigenvalue weighted by molar-refractivity contribution is 5.94. The fourth-order valence-electron chi connectivity index (χ4n) is 1.88. The number of rotatable bonds is 5. The van der Waals surface area contributed by atoms with Crippen LogP contribution in [0.15, 0.2) is 18.2 Å². The van der Waals surface area contributed by atoms with Crippen LogP contribution in [0.25, 0.3) is 0 Å². The van der Waals surface area contributed by atoms with Crippen molar-refractivity contribution < 1.29 is 41.7 Å². The smallest absolute Gasteiger partial charge is 0.438 e. The van der Waals surface area contributed by atoms with Crippen molar-refractivity contribution in [2.24, 2.45) is 0 Å². The third-order valence-corrected chi connectivity index (χ3v) is 2.92. The molecule has 0 aliphatic rings. The number of nitrogens with zero attached hydrogens (tertiary/aromatic N) is 2. The molecule has 2 rings (SSSR count). The zero-order chi connectivity index (χ0) is 18.8. The highest BCUT2D eigenvalue weighted by Crippen LogP contribution is 2.40. The lowest BCUT2D eigenvalue weighted by atomic mass is 10.2. The number of benzene rings is 1. The van der Waals surface area contributed by atoms with Crippen molar-refractivity contribution in [1.82, 2.24) is 10.2 Å². The van der Waals surface area contributed by atoms with E-state index in [0.717, 1.165) is 25.3 Å². The van der Waals surface area contributed by atoms with Crippen LogP contribution in [0.5, 0.6) is 23.1 Å². The quantitative estimate of drug-likeness (QED) is 0.817. The molecule has 25 heavy (non-hydrogen) atoms. The first kappa shape index (κ1) is 18.2. The molecule has 1 aromatic carbocycles. The average molecular weight is 362 g/mol. The van der Waals surface area contributed by atoms with Crippen LogP contribution in [0.3, 0.4) is 0 Å². The number of methoxy groups -OCH3 is 2. The van der Waals surface area contributed by atoms with Gasteiger partial charge in [0.1, 0.15) is 5.82 Å². The lowest BCUT2D eigenvalue weighted by molar-refractivity contribution is -0.143. The molecule has 7 nitrogen and oxygen atoms in total. The van der Waals surface area contributed by atoms with Crippen molar-refractivity contribution in [2.75, 3.05) is 14.2 Å². The Balaban J connectivity index is 2.61. The number of carboxylic acids is 1. The maximum Gasteiger partial charge on any atom is 0.438 e. The van der Waals surface area contributed by atoms with E-state index >= 15 is 0 Å². The molecule has 0 fully saturated rings. The number of carboxylic acid groups (broad SMARTS) is 1. The van der Waals surface area contributed by atoms with E-state index in [0.29, 0.717) is 0 Å². The Kier molecular flexibility index (Phi) is 4.95. The molecule has 1 heterocycles. The minimum Gasteiger partial charge on any atom is -0.493 e. The van der Waals surface area contributed by atoms with E-state index in [2.05, 4.69) is 14.9 Å². The van der Waals surface area contributed by atoms with Crippen LogP contribution in [0.4, 0.5) is 17.6 Å². The second-order valence-electron chi connectivity index (χ2n) is 4.46. The van der Waals surface area contributed by atoms with E-state index in [9.17, 15) is 27.5 Å². The lowest BCUT2D eigenvalue weighted by Crippen LogP contribution is -2.16. The van der Waals surface area contributed by atoms with Crippen LogP contribution in [0.1, 0.15) is 16.1 Å². The number of aromatic carboxylic acids is 1. The van der Waals surface area contributed by atoms with Crippen LogP contribution in [-0.2, 0) is 6.18 Å². The monoisotopic (exact) mass is 362 g/mol. The van der Waals surface area contributed by atoms with Crippen molar-refractivity contribution in [3.8, 4) is 23.1 Å². The largest absolute Gasteiger partial charge is 0.493 e. The molecule has 1 N–H and O–H groups in total. The first-order valence-electron chi connectivity index (χ1n) is 6.45. The van der Waals surface area contributed by atoms with Gasteiger partial charge in [0.15, 0.2) is 22.8 Å². The third kappa shape index (κ3) is 3.70. The number of ether oxygens (including phenoxy) is 3. The highest BCUT2D eigenvalue weighted by atomic mass is 19.4. The highest BCUT2D eigenvalue weighted by Gasteiger charge is 2.41. The summed E-state index contributed by atoms with van der Waals surface area (Å²) in [5.41, 5.74) is -2.61. The zero-order valence-electron chi connectivity index (χ0n) is 12.7. The summed E-state index contributed by atoms with van der Waals surface area (Å²) in [6.07, 6.45) is -4.99. The van der Waals surface area contributed by atoms with Crippen LogP contribution in [-0.4, -0.2) is 35.5 Å². The summed E-state index contributed by atoms with van der Waals surface area (Å²) in [6.45, 7) is 0. The molecule has 0 radical (unpaired) electrons. The number of aromatic nitrogens is 2. The van der Waals surface area contributed by atoms with E-state index < -0.39 is 40.8 Å². The first-order valence-corrected chi connectivity index (χ1v) is 6.45. The standard InChI is InChI=1S/C14H10F4N2O5/c1-23-8-5-6(15)3-4-7(8)25-12-9(13(21)22)10(24-2)11(19-20-12)14(16,17)18/h3-5H,1-2H3,(H,21,22). The van der Waals surface area contributed by atoms with Gasteiger partial charge in [-0.3, -0.25) is 0 Å². The fourth-order valence-corrected chi connectivity index (χ4v) is 1.88. The maximum atomic E-state index is 13.2. The molecule has 0 aliphatic heterocycles. The Hall–Kier alpha value is -3.11. The van der Waals surface area contributed by atoms with Gasteiger partial charge < -0.3 is 19.3 Å². The number of halogens is 4. The average Bonchev–Trinajstić information content (AvgIpc) is 2.54. The number of alkyl halides is 3. The van der Waals surface area contributed by atoms with Crippen molar-refractivity contribution in [3.63, 3.8) is 0 Å². The Bertz CT molecular complexity index is 811. The Morgan fingerprint density at radius 2 is 1.80 bits per heavy atom. The topological polar surface area (TPSA) is 90.8 Å². The van der Waals surface area contributed by atoms with Crippen molar-refractivity contribution in [3.05, 3.63) is 35.3 Å². The summed E-state index contributed by atoms with van der Waals surface area (Å²) in [5, 5.41) is 15.3. The van der Waals surface area contributed by atoms with E-state index in [4.69, 9.17) is 9.47 Å². The minimum absolute atomic E-state index is 0.128. The van der Waals surface area contributed by atoms with Crippen LogP contribution in [0.2, 0.25) is 0 Å². The van der Waals surface area contributed by atoms with Gasteiger partial charge in [-0.1, -0.05) is 0 Å².